The molecule has 0 aromatic heterocycles. The van der Waals surface area contributed by atoms with Crippen molar-refractivity contribution in [3.8, 4) is 0 Å². The number of amides is 2. The average molecular weight is 369 g/mol. The molecule has 25 heavy (non-hydrogen) atoms. The van der Waals surface area contributed by atoms with E-state index in [1.54, 1.807) is 35.8 Å². The fourth-order valence-electron chi connectivity index (χ4n) is 2.55. The van der Waals surface area contributed by atoms with Crippen LogP contribution in [-0.4, -0.2) is 69.3 Å². The Hall–Kier alpha value is -2.29. The van der Waals surface area contributed by atoms with Gasteiger partial charge in [-0.15, -0.1) is 0 Å². The minimum absolute atomic E-state index is 0.194. The van der Waals surface area contributed by atoms with Crippen LogP contribution >= 0.6 is 0 Å². The number of benzene rings is 1. The van der Waals surface area contributed by atoms with Crippen molar-refractivity contribution in [2.24, 2.45) is 0 Å². The molecule has 138 valence electrons. The number of carbonyl (C=O) groups is 2. The third-order valence-electron chi connectivity index (χ3n) is 3.87. The Morgan fingerprint density at radius 3 is 2.32 bits per heavy atom. The second-order valence-corrected chi connectivity index (χ2v) is 7.63. The number of piperazine rings is 1. The lowest BCUT2D eigenvalue weighted by Gasteiger charge is -2.34. The zero-order valence-electron chi connectivity index (χ0n) is 14.6. The summed E-state index contributed by atoms with van der Waals surface area (Å²) in [6.45, 7) is 5.45. The predicted octanol–water partition coefficient (Wildman–Crippen LogP) is 1.28. The zero-order chi connectivity index (χ0) is 18.6. The van der Waals surface area contributed by atoms with E-state index in [0.29, 0.717) is 44.0 Å². The van der Waals surface area contributed by atoms with E-state index < -0.39 is 10.0 Å². The van der Waals surface area contributed by atoms with Crippen LogP contribution in [0.4, 0.5) is 10.5 Å². The van der Waals surface area contributed by atoms with E-state index in [1.165, 1.54) is 6.07 Å². The molecule has 0 saturated carbocycles. The van der Waals surface area contributed by atoms with Crippen LogP contribution in [0, 0.1) is 6.92 Å². The zero-order valence-corrected chi connectivity index (χ0v) is 15.4. The van der Waals surface area contributed by atoms with Gasteiger partial charge in [-0.25, -0.2) is 13.2 Å². The topological polar surface area (TPSA) is 96.0 Å². The summed E-state index contributed by atoms with van der Waals surface area (Å²) < 4.78 is 30.2. The summed E-state index contributed by atoms with van der Waals surface area (Å²) in [5.74, 6) is -0.194. The molecule has 1 aliphatic rings. The second kappa shape index (κ2) is 7.73. The Labute approximate surface area is 147 Å². The van der Waals surface area contributed by atoms with Crippen molar-refractivity contribution >= 4 is 27.7 Å². The predicted molar refractivity (Wildman–Crippen MR) is 94.1 cm³/mol. The molecule has 0 atom stereocenters. The van der Waals surface area contributed by atoms with Crippen LogP contribution in [0.3, 0.4) is 0 Å². The summed E-state index contributed by atoms with van der Waals surface area (Å²) in [5.41, 5.74) is 1.52. The first-order chi connectivity index (χ1) is 11.7. The molecule has 2 amide bonds. The second-order valence-electron chi connectivity index (χ2n) is 5.88. The van der Waals surface area contributed by atoms with Gasteiger partial charge in [-0.1, -0.05) is 6.07 Å². The highest BCUT2D eigenvalue weighted by molar-refractivity contribution is 7.92. The fraction of sp³-hybridized carbons (Fsp3) is 0.500. The molecule has 0 bridgehead atoms. The SMILES string of the molecule is CCOC(=O)N1CCN(C(=O)c2ccc(C)c(NS(C)(=O)=O)c2)CC1. The molecule has 0 unspecified atom stereocenters. The van der Waals surface area contributed by atoms with Crippen LogP contribution < -0.4 is 4.72 Å². The van der Waals surface area contributed by atoms with Gasteiger partial charge in [0.1, 0.15) is 0 Å². The van der Waals surface area contributed by atoms with E-state index in [1.807, 2.05) is 0 Å². The van der Waals surface area contributed by atoms with Gasteiger partial charge in [0.15, 0.2) is 0 Å². The number of nitrogens with zero attached hydrogens (tertiary/aromatic N) is 2. The Morgan fingerprint density at radius 1 is 1.16 bits per heavy atom. The van der Waals surface area contributed by atoms with Gasteiger partial charge in [-0.3, -0.25) is 9.52 Å². The van der Waals surface area contributed by atoms with Gasteiger partial charge in [0.2, 0.25) is 10.0 Å². The molecule has 8 nitrogen and oxygen atoms in total. The van der Waals surface area contributed by atoms with Crippen LogP contribution in [-0.2, 0) is 14.8 Å². The number of aryl methyl sites for hydroxylation is 1. The normalized spacial score (nSPS) is 15.0. The third kappa shape index (κ3) is 5.09. The van der Waals surface area contributed by atoms with Crippen molar-refractivity contribution in [2.75, 3.05) is 43.8 Å². The number of nitrogens with one attached hydrogen (secondary N) is 1. The van der Waals surface area contributed by atoms with Crippen LogP contribution in [0.15, 0.2) is 18.2 Å². The summed E-state index contributed by atoms with van der Waals surface area (Å²) in [5, 5.41) is 0. The third-order valence-corrected chi connectivity index (χ3v) is 4.46. The lowest BCUT2D eigenvalue weighted by Crippen LogP contribution is -2.50. The monoisotopic (exact) mass is 369 g/mol. The summed E-state index contributed by atoms with van der Waals surface area (Å²) in [6.07, 6.45) is 0.694. The highest BCUT2D eigenvalue weighted by atomic mass is 32.2. The van der Waals surface area contributed by atoms with E-state index in [4.69, 9.17) is 4.74 Å². The smallest absolute Gasteiger partial charge is 0.409 e. The van der Waals surface area contributed by atoms with Gasteiger partial charge in [-0.2, -0.15) is 0 Å². The molecule has 1 aromatic carbocycles. The van der Waals surface area contributed by atoms with Crippen molar-refractivity contribution in [3.63, 3.8) is 0 Å². The molecule has 9 heteroatoms. The molecule has 1 aliphatic heterocycles. The van der Waals surface area contributed by atoms with Crippen molar-refractivity contribution in [1.29, 1.82) is 0 Å². The minimum Gasteiger partial charge on any atom is -0.450 e. The van der Waals surface area contributed by atoms with Crippen LogP contribution in [0.2, 0.25) is 0 Å². The maximum Gasteiger partial charge on any atom is 0.409 e. The average Bonchev–Trinajstić information content (AvgIpc) is 2.55. The number of rotatable bonds is 4. The lowest BCUT2D eigenvalue weighted by atomic mass is 10.1. The van der Waals surface area contributed by atoms with Gasteiger partial charge < -0.3 is 14.5 Å². The van der Waals surface area contributed by atoms with Crippen LogP contribution in [0.25, 0.3) is 0 Å². The number of carbonyl (C=O) groups excluding carboxylic acids is 2. The number of ether oxygens (including phenoxy) is 1. The van der Waals surface area contributed by atoms with Crippen LogP contribution in [0.1, 0.15) is 22.8 Å². The number of hydrogen-bond acceptors (Lipinski definition) is 5. The molecule has 0 radical (unpaired) electrons. The van der Waals surface area contributed by atoms with Gasteiger partial charge >= 0.3 is 6.09 Å². The van der Waals surface area contributed by atoms with E-state index >= 15 is 0 Å². The number of sulfonamides is 1. The lowest BCUT2D eigenvalue weighted by molar-refractivity contribution is 0.0570. The Kier molecular flexibility index (Phi) is 5.89. The van der Waals surface area contributed by atoms with Crippen molar-refractivity contribution in [3.05, 3.63) is 29.3 Å². The molecular formula is C16H23N3O5S. The maximum atomic E-state index is 12.6. The molecule has 1 aromatic rings. The maximum absolute atomic E-state index is 12.6. The summed E-state index contributed by atoms with van der Waals surface area (Å²) in [6, 6.07) is 4.91. The molecule has 0 spiro atoms. The van der Waals surface area contributed by atoms with E-state index in [9.17, 15) is 18.0 Å². The van der Waals surface area contributed by atoms with Crippen molar-refractivity contribution < 1.29 is 22.7 Å². The Morgan fingerprint density at radius 2 is 1.76 bits per heavy atom. The largest absolute Gasteiger partial charge is 0.450 e. The van der Waals surface area contributed by atoms with Gasteiger partial charge in [0.25, 0.3) is 5.91 Å². The highest BCUT2D eigenvalue weighted by Crippen LogP contribution is 2.20. The standard InChI is InChI=1S/C16H23N3O5S/c1-4-24-16(21)19-9-7-18(8-10-19)15(20)13-6-5-12(2)14(11-13)17-25(3,22)23/h5-6,11,17H,4,7-10H2,1-3H3. The number of hydrogen-bond donors (Lipinski definition) is 1. The van der Waals surface area contributed by atoms with Gasteiger partial charge in [0, 0.05) is 31.7 Å². The summed E-state index contributed by atoms with van der Waals surface area (Å²) in [7, 11) is -3.42. The Bertz CT molecular complexity index is 755. The van der Waals surface area contributed by atoms with Crippen LogP contribution in [0.5, 0.6) is 0 Å². The molecule has 1 fully saturated rings. The molecule has 2 rings (SSSR count). The summed E-state index contributed by atoms with van der Waals surface area (Å²) in [4.78, 5) is 27.6. The first-order valence-electron chi connectivity index (χ1n) is 8.00. The Balaban J connectivity index is 2.07. The molecule has 1 heterocycles. The molecule has 1 saturated heterocycles. The van der Waals surface area contributed by atoms with Gasteiger partial charge in [-0.05, 0) is 31.5 Å². The van der Waals surface area contributed by atoms with E-state index in [0.717, 1.165) is 11.8 Å². The van der Waals surface area contributed by atoms with E-state index in [2.05, 4.69) is 4.72 Å². The number of anilines is 1. The first-order valence-corrected chi connectivity index (χ1v) is 9.90. The molecule has 1 N–H and O–H groups in total. The van der Waals surface area contributed by atoms with E-state index in [-0.39, 0.29) is 12.0 Å². The van der Waals surface area contributed by atoms with Crippen molar-refractivity contribution in [1.82, 2.24) is 9.80 Å². The molecular weight excluding hydrogens is 346 g/mol. The summed E-state index contributed by atoms with van der Waals surface area (Å²) >= 11 is 0. The quantitative estimate of drug-likeness (QED) is 0.862. The highest BCUT2D eigenvalue weighted by Gasteiger charge is 2.25. The fourth-order valence-corrected chi connectivity index (χ4v) is 3.17. The molecule has 0 aliphatic carbocycles. The van der Waals surface area contributed by atoms with Gasteiger partial charge in [0.05, 0.1) is 18.6 Å². The van der Waals surface area contributed by atoms with Crippen molar-refractivity contribution in [2.45, 2.75) is 13.8 Å². The minimum atomic E-state index is -3.42. The first kappa shape index (κ1) is 19.0.